The summed E-state index contributed by atoms with van der Waals surface area (Å²) >= 11 is 0. The van der Waals surface area contributed by atoms with E-state index in [2.05, 4.69) is 27.9 Å². The number of amides is 2. The van der Waals surface area contributed by atoms with Gasteiger partial charge < -0.3 is 25.6 Å². The van der Waals surface area contributed by atoms with Gasteiger partial charge in [0.05, 0.1) is 19.3 Å². The van der Waals surface area contributed by atoms with Gasteiger partial charge in [-0.25, -0.2) is 0 Å². The van der Waals surface area contributed by atoms with Crippen LogP contribution in [-0.4, -0.2) is 75.2 Å². The number of nitrogens with one attached hydrogen (secondary N) is 3. The van der Waals surface area contributed by atoms with E-state index in [9.17, 15) is 9.59 Å². The molecule has 3 N–H and O–H groups in total. The lowest BCUT2D eigenvalue weighted by atomic mass is 10.1. The van der Waals surface area contributed by atoms with Crippen LogP contribution in [0.3, 0.4) is 0 Å². The SMILES string of the molecule is CN1CCO[C@@H](CNCC(=O)N[C@@H]2CCCCNC2=O)C1. The monoisotopic (exact) mass is 298 g/mol. The summed E-state index contributed by atoms with van der Waals surface area (Å²) in [5.74, 6) is -0.209. The zero-order chi connectivity index (χ0) is 15.1. The minimum Gasteiger partial charge on any atom is -0.374 e. The van der Waals surface area contributed by atoms with Gasteiger partial charge in [-0.3, -0.25) is 9.59 Å². The third-order valence-corrected chi connectivity index (χ3v) is 3.87. The summed E-state index contributed by atoms with van der Waals surface area (Å²) in [5, 5.41) is 8.70. The second-order valence-electron chi connectivity index (χ2n) is 5.79. The molecule has 0 bridgehead atoms. The van der Waals surface area contributed by atoms with Crippen LogP contribution >= 0.6 is 0 Å². The highest BCUT2D eigenvalue weighted by atomic mass is 16.5. The van der Waals surface area contributed by atoms with Gasteiger partial charge in [-0.05, 0) is 26.3 Å². The Balaban J connectivity index is 1.63. The molecule has 0 unspecified atom stereocenters. The fraction of sp³-hybridized carbons (Fsp3) is 0.857. The second kappa shape index (κ2) is 8.31. The van der Waals surface area contributed by atoms with Crippen molar-refractivity contribution in [3.63, 3.8) is 0 Å². The standard InChI is InChI=1S/C14H26N4O3/c1-18-6-7-21-11(10-18)8-15-9-13(19)17-12-4-2-3-5-16-14(12)20/h11-12,15H,2-10H2,1H3,(H,16,20)(H,17,19)/t11-,12+/m0/s1. The van der Waals surface area contributed by atoms with Gasteiger partial charge in [0.25, 0.3) is 0 Å². The van der Waals surface area contributed by atoms with Crippen molar-refractivity contribution in [3.8, 4) is 0 Å². The van der Waals surface area contributed by atoms with E-state index in [0.29, 0.717) is 19.5 Å². The third-order valence-electron chi connectivity index (χ3n) is 3.87. The maximum absolute atomic E-state index is 11.9. The highest BCUT2D eigenvalue weighted by Gasteiger charge is 2.22. The molecule has 120 valence electrons. The number of carbonyl (C=O) groups is 2. The van der Waals surface area contributed by atoms with Crippen LogP contribution in [0, 0.1) is 0 Å². The molecule has 0 saturated carbocycles. The number of nitrogens with zero attached hydrogens (tertiary/aromatic N) is 1. The number of hydrogen-bond donors (Lipinski definition) is 3. The largest absolute Gasteiger partial charge is 0.374 e. The zero-order valence-electron chi connectivity index (χ0n) is 12.7. The molecule has 7 nitrogen and oxygen atoms in total. The summed E-state index contributed by atoms with van der Waals surface area (Å²) in [6.07, 6.45) is 2.77. The molecule has 21 heavy (non-hydrogen) atoms. The highest BCUT2D eigenvalue weighted by molar-refractivity contribution is 5.88. The lowest BCUT2D eigenvalue weighted by Gasteiger charge is -2.30. The van der Waals surface area contributed by atoms with Crippen LogP contribution in [0.15, 0.2) is 0 Å². The van der Waals surface area contributed by atoms with Crippen LogP contribution in [0.25, 0.3) is 0 Å². The molecule has 0 aromatic carbocycles. The molecule has 2 rings (SSSR count). The topological polar surface area (TPSA) is 82.7 Å². The lowest BCUT2D eigenvalue weighted by molar-refractivity contribution is -0.128. The fourth-order valence-electron chi connectivity index (χ4n) is 2.66. The first kappa shape index (κ1) is 16.2. The van der Waals surface area contributed by atoms with Crippen molar-refractivity contribution in [1.82, 2.24) is 20.9 Å². The van der Waals surface area contributed by atoms with Gasteiger partial charge in [0.15, 0.2) is 0 Å². The van der Waals surface area contributed by atoms with E-state index in [0.717, 1.165) is 32.5 Å². The number of rotatable bonds is 5. The molecule has 2 aliphatic rings. The highest BCUT2D eigenvalue weighted by Crippen LogP contribution is 2.05. The van der Waals surface area contributed by atoms with E-state index < -0.39 is 0 Å². The van der Waals surface area contributed by atoms with E-state index in [1.54, 1.807) is 0 Å². The van der Waals surface area contributed by atoms with E-state index in [1.807, 2.05) is 0 Å². The molecule has 0 aliphatic carbocycles. The summed E-state index contributed by atoms with van der Waals surface area (Å²) in [6, 6.07) is -0.390. The quantitative estimate of drug-likeness (QED) is 0.587. The van der Waals surface area contributed by atoms with Gasteiger partial charge in [0.2, 0.25) is 11.8 Å². The summed E-state index contributed by atoms with van der Waals surface area (Å²) in [4.78, 5) is 25.8. The molecular formula is C14H26N4O3. The van der Waals surface area contributed by atoms with Crippen molar-refractivity contribution in [2.75, 3.05) is 46.4 Å². The number of morpholine rings is 1. The fourth-order valence-corrected chi connectivity index (χ4v) is 2.66. The van der Waals surface area contributed by atoms with Gasteiger partial charge in [-0.2, -0.15) is 0 Å². The normalized spacial score (nSPS) is 27.8. The number of ether oxygens (including phenoxy) is 1. The molecule has 2 amide bonds. The molecule has 2 fully saturated rings. The van der Waals surface area contributed by atoms with Crippen molar-refractivity contribution in [2.45, 2.75) is 31.4 Å². The van der Waals surface area contributed by atoms with E-state index in [1.165, 1.54) is 0 Å². The van der Waals surface area contributed by atoms with E-state index in [4.69, 9.17) is 4.74 Å². The molecule has 7 heteroatoms. The molecule has 2 atom stereocenters. The van der Waals surface area contributed by atoms with Crippen molar-refractivity contribution in [3.05, 3.63) is 0 Å². The molecule has 2 aliphatic heterocycles. The summed E-state index contributed by atoms with van der Waals surface area (Å²) in [7, 11) is 2.06. The Morgan fingerprint density at radius 1 is 1.48 bits per heavy atom. The second-order valence-corrected chi connectivity index (χ2v) is 5.79. The first-order chi connectivity index (χ1) is 10.1. The molecule has 2 saturated heterocycles. The van der Waals surface area contributed by atoms with Crippen LogP contribution in [-0.2, 0) is 14.3 Å². The maximum atomic E-state index is 11.9. The Kier molecular flexibility index (Phi) is 6.41. The Morgan fingerprint density at radius 3 is 3.14 bits per heavy atom. The van der Waals surface area contributed by atoms with Crippen LogP contribution in [0.4, 0.5) is 0 Å². The molecular weight excluding hydrogens is 272 g/mol. The van der Waals surface area contributed by atoms with Gasteiger partial charge in [-0.15, -0.1) is 0 Å². The smallest absolute Gasteiger partial charge is 0.242 e. The zero-order valence-corrected chi connectivity index (χ0v) is 12.7. The van der Waals surface area contributed by atoms with Gasteiger partial charge in [-0.1, -0.05) is 0 Å². The lowest BCUT2D eigenvalue weighted by Crippen LogP contribution is -2.50. The number of carbonyl (C=O) groups excluding carboxylic acids is 2. The Hall–Kier alpha value is -1.18. The van der Waals surface area contributed by atoms with Crippen LogP contribution in [0.2, 0.25) is 0 Å². The average Bonchev–Trinajstić information content (AvgIpc) is 2.64. The molecule has 0 spiro atoms. The number of hydrogen-bond acceptors (Lipinski definition) is 5. The summed E-state index contributed by atoms with van der Waals surface area (Å²) < 4.78 is 5.61. The van der Waals surface area contributed by atoms with Crippen molar-refractivity contribution in [2.24, 2.45) is 0 Å². The van der Waals surface area contributed by atoms with Crippen LogP contribution < -0.4 is 16.0 Å². The molecule has 0 aromatic heterocycles. The van der Waals surface area contributed by atoms with Gasteiger partial charge in [0, 0.05) is 26.2 Å². The Labute approximate surface area is 125 Å². The minimum atomic E-state index is -0.390. The molecule has 0 aromatic rings. The van der Waals surface area contributed by atoms with Gasteiger partial charge in [0.1, 0.15) is 6.04 Å². The van der Waals surface area contributed by atoms with Gasteiger partial charge >= 0.3 is 0 Å². The maximum Gasteiger partial charge on any atom is 0.242 e. The number of likely N-dealkylation sites (N-methyl/N-ethyl adjacent to an activating group) is 1. The Morgan fingerprint density at radius 2 is 2.33 bits per heavy atom. The van der Waals surface area contributed by atoms with E-state index >= 15 is 0 Å². The van der Waals surface area contributed by atoms with Crippen molar-refractivity contribution in [1.29, 1.82) is 0 Å². The predicted octanol–water partition coefficient (Wildman–Crippen LogP) is -1.31. The van der Waals surface area contributed by atoms with Crippen molar-refractivity contribution >= 4 is 11.8 Å². The summed E-state index contributed by atoms with van der Waals surface area (Å²) in [5.41, 5.74) is 0. The average molecular weight is 298 g/mol. The predicted molar refractivity (Wildman–Crippen MR) is 78.9 cm³/mol. The molecule has 2 heterocycles. The first-order valence-corrected chi connectivity index (χ1v) is 7.73. The first-order valence-electron chi connectivity index (χ1n) is 7.73. The van der Waals surface area contributed by atoms with Crippen LogP contribution in [0.1, 0.15) is 19.3 Å². The van der Waals surface area contributed by atoms with E-state index in [-0.39, 0.29) is 30.5 Å². The summed E-state index contributed by atoms with van der Waals surface area (Å²) in [6.45, 7) is 4.13. The molecule has 0 radical (unpaired) electrons. The van der Waals surface area contributed by atoms with Crippen LogP contribution in [0.5, 0.6) is 0 Å². The van der Waals surface area contributed by atoms with Crippen molar-refractivity contribution < 1.29 is 14.3 Å². The Bertz CT molecular complexity index is 364. The minimum absolute atomic E-state index is 0.0712. The third kappa shape index (κ3) is 5.61.